The van der Waals surface area contributed by atoms with Crippen LogP contribution in [0.1, 0.15) is 15.9 Å². The van der Waals surface area contributed by atoms with Crippen LogP contribution in [-0.4, -0.2) is 24.2 Å². The van der Waals surface area contributed by atoms with Crippen molar-refractivity contribution in [2.24, 2.45) is 5.10 Å². The van der Waals surface area contributed by atoms with Crippen LogP contribution < -0.4 is 10.2 Å². The van der Waals surface area contributed by atoms with Crippen molar-refractivity contribution in [3.05, 3.63) is 68.7 Å². The molecular weight excluding hydrogens is 322 g/mol. The van der Waals surface area contributed by atoms with E-state index in [1.165, 1.54) is 25.5 Å². The van der Waals surface area contributed by atoms with Gasteiger partial charge in [0.15, 0.2) is 0 Å². The topological polar surface area (TPSA) is 93.8 Å². The largest absolute Gasteiger partial charge is 0.497 e. The first-order valence-electron chi connectivity index (χ1n) is 6.42. The first kappa shape index (κ1) is 16.4. The third-order valence-electron chi connectivity index (χ3n) is 2.90. The van der Waals surface area contributed by atoms with Crippen molar-refractivity contribution in [2.45, 2.75) is 0 Å². The van der Waals surface area contributed by atoms with Crippen LogP contribution in [0, 0.1) is 10.1 Å². The van der Waals surface area contributed by atoms with E-state index in [2.05, 4.69) is 10.5 Å². The number of carbonyl (C=O) groups excluding carboxylic acids is 1. The third-order valence-corrected chi connectivity index (χ3v) is 3.22. The van der Waals surface area contributed by atoms with Crippen LogP contribution in [0.5, 0.6) is 5.75 Å². The van der Waals surface area contributed by atoms with Gasteiger partial charge in [0.25, 0.3) is 11.6 Å². The summed E-state index contributed by atoms with van der Waals surface area (Å²) in [4.78, 5) is 22.1. The Bertz CT molecular complexity index is 760. The highest BCUT2D eigenvalue weighted by atomic mass is 35.5. The van der Waals surface area contributed by atoms with Crippen molar-refractivity contribution in [3.8, 4) is 5.75 Å². The average molecular weight is 334 g/mol. The molecule has 0 unspecified atom stereocenters. The summed E-state index contributed by atoms with van der Waals surface area (Å²) >= 11 is 5.71. The summed E-state index contributed by atoms with van der Waals surface area (Å²) in [5.41, 5.74) is 2.96. The molecule has 0 aliphatic heterocycles. The van der Waals surface area contributed by atoms with Crippen molar-refractivity contribution in [1.29, 1.82) is 0 Å². The number of halogens is 1. The second-order valence-corrected chi connectivity index (χ2v) is 4.80. The van der Waals surface area contributed by atoms with Crippen molar-refractivity contribution in [3.63, 3.8) is 0 Å². The van der Waals surface area contributed by atoms with E-state index < -0.39 is 10.8 Å². The molecule has 118 valence electrons. The van der Waals surface area contributed by atoms with Gasteiger partial charge in [-0.1, -0.05) is 17.7 Å². The van der Waals surface area contributed by atoms with E-state index in [1.807, 2.05) is 0 Å². The molecular formula is C15H12ClN3O4. The number of benzene rings is 2. The van der Waals surface area contributed by atoms with Crippen molar-refractivity contribution < 1.29 is 14.5 Å². The summed E-state index contributed by atoms with van der Waals surface area (Å²) in [6.07, 6.45) is 1.30. The van der Waals surface area contributed by atoms with E-state index >= 15 is 0 Å². The van der Waals surface area contributed by atoms with Crippen LogP contribution >= 0.6 is 11.6 Å². The van der Waals surface area contributed by atoms with Gasteiger partial charge in [-0.3, -0.25) is 14.9 Å². The Labute approximate surface area is 136 Å². The molecule has 0 aromatic heterocycles. The molecule has 0 atom stereocenters. The van der Waals surface area contributed by atoms with Gasteiger partial charge in [-0.05, 0) is 30.3 Å². The van der Waals surface area contributed by atoms with E-state index in [4.69, 9.17) is 16.3 Å². The minimum absolute atomic E-state index is 0.0365. The minimum atomic E-state index is -0.588. The molecule has 2 aromatic rings. The average Bonchev–Trinajstić information content (AvgIpc) is 2.56. The molecule has 23 heavy (non-hydrogen) atoms. The fourth-order valence-corrected chi connectivity index (χ4v) is 1.91. The first-order chi connectivity index (χ1) is 11.0. The van der Waals surface area contributed by atoms with E-state index in [9.17, 15) is 14.9 Å². The number of hydrogen-bond donors (Lipinski definition) is 1. The van der Waals surface area contributed by atoms with Gasteiger partial charge in [-0.25, -0.2) is 5.43 Å². The molecule has 1 amide bonds. The number of carbonyl (C=O) groups is 1. The number of hydrogen-bond acceptors (Lipinski definition) is 5. The highest BCUT2D eigenvalue weighted by Crippen LogP contribution is 2.24. The first-order valence-corrected chi connectivity index (χ1v) is 6.80. The van der Waals surface area contributed by atoms with Crippen molar-refractivity contribution >= 4 is 29.4 Å². The molecule has 0 spiro atoms. The molecule has 0 radical (unpaired) electrons. The Balaban J connectivity index is 2.04. The molecule has 2 rings (SSSR count). The molecule has 0 saturated heterocycles. The molecule has 0 aliphatic carbocycles. The molecule has 0 fully saturated rings. The normalized spacial score (nSPS) is 10.5. The Morgan fingerprint density at radius 2 is 2.00 bits per heavy atom. The lowest BCUT2D eigenvalue weighted by atomic mass is 10.2. The van der Waals surface area contributed by atoms with Gasteiger partial charge in [0.2, 0.25) is 0 Å². The summed E-state index contributed by atoms with van der Waals surface area (Å²) in [7, 11) is 1.53. The van der Waals surface area contributed by atoms with Gasteiger partial charge in [-0.15, -0.1) is 0 Å². The lowest BCUT2D eigenvalue weighted by molar-refractivity contribution is -0.384. The van der Waals surface area contributed by atoms with Crippen molar-refractivity contribution in [1.82, 2.24) is 5.43 Å². The summed E-state index contributed by atoms with van der Waals surface area (Å²) in [5.74, 6) is 0.228. The zero-order chi connectivity index (χ0) is 16.8. The fraction of sp³-hybridized carbons (Fsp3) is 0.0667. The van der Waals surface area contributed by atoms with Gasteiger partial charge in [-0.2, -0.15) is 5.10 Å². The monoisotopic (exact) mass is 333 g/mol. The zero-order valence-electron chi connectivity index (χ0n) is 12.0. The summed E-state index contributed by atoms with van der Waals surface area (Å²) in [5, 5.41) is 14.6. The van der Waals surface area contributed by atoms with Crippen LogP contribution in [0.25, 0.3) is 0 Å². The predicted molar refractivity (Wildman–Crippen MR) is 86.2 cm³/mol. The van der Waals surface area contributed by atoms with Crippen LogP contribution in [-0.2, 0) is 0 Å². The SMILES string of the molecule is COc1ccc(C(=O)NN=Cc2ccc(Cl)c([N+](=O)[O-])c2)cc1. The number of nitro groups is 1. The van der Waals surface area contributed by atoms with E-state index in [0.717, 1.165) is 0 Å². The number of nitrogens with zero attached hydrogens (tertiary/aromatic N) is 2. The zero-order valence-corrected chi connectivity index (χ0v) is 12.8. The maximum absolute atomic E-state index is 11.9. The van der Waals surface area contributed by atoms with E-state index in [-0.39, 0.29) is 10.7 Å². The maximum Gasteiger partial charge on any atom is 0.288 e. The van der Waals surface area contributed by atoms with Crippen LogP contribution in [0.4, 0.5) is 5.69 Å². The molecule has 7 nitrogen and oxygen atoms in total. The quantitative estimate of drug-likeness (QED) is 0.517. The second-order valence-electron chi connectivity index (χ2n) is 4.40. The molecule has 1 N–H and O–H groups in total. The van der Waals surface area contributed by atoms with E-state index in [1.54, 1.807) is 30.3 Å². The lowest BCUT2D eigenvalue weighted by Gasteiger charge is -2.02. The Morgan fingerprint density at radius 1 is 1.30 bits per heavy atom. The molecule has 0 heterocycles. The molecule has 0 aliphatic rings. The summed E-state index contributed by atoms with van der Waals surface area (Å²) in [6, 6.07) is 10.7. The highest BCUT2D eigenvalue weighted by molar-refractivity contribution is 6.32. The number of nitro benzene ring substituents is 1. The number of rotatable bonds is 5. The Morgan fingerprint density at radius 3 is 2.61 bits per heavy atom. The Kier molecular flexibility index (Phi) is 5.27. The molecule has 8 heteroatoms. The minimum Gasteiger partial charge on any atom is -0.497 e. The summed E-state index contributed by atoms with van der Waals surface area (Å²) in [6.45, 7) is 0. The van der Waals surface area contributed by atoms with Crippen LogP contribution in [0.2, 0.25) is 5.02 Å². The number of amides is 1. The molecule has 0 bridgehead atoms. The number of ether oxygens (including phenoxy) is 1. The molecule has 0 saturated carbocycles. The van der Waals surface area contributed by atoms with Gasteiger partial charge < -0.3 is 4.74 Å². The van der Waals surface area contributed by atoms with Gasteiger partial charge in [0.05, 0.1) is 18.2 Å². The standard InChI is InChI=1S/C15H12ClN3O4/c1-23-12-5-3-11(4-6-12)15(20)18-17-9-10-2-7-13(16)14(8-10)19(21)22/h2-9H,1H3,(H,18,20). The summed E-state index contributed by atoms with van der Waals surface area (Å²) < 4.78 is 5.00. The highest BCUT2D eigenvalue weighted by Gasteiger charge is 2.12. The lowest BCUT2D eigenvalue weighted by Crippen LogP contribution is -2.17. The number of hydrazone groups is 1. The fourth-order valence-electron chi connectivity index (χ4n) is 1.72. The predicted octanol–water partition coefficient (Wildman–Crippen LogP) is 3.02. The van der Waals surface area contributed by atoms with Gasteiger partial charge in [0, 0.05) is 17.2 Å². The second kappa shape index (κ2) is 7.37. The third kappa shape index (κ3) is 4.27. The van der Waals surface area contributed by atoms with Crippen LogP contribution in [0.15, 0.2) is 47.6 Å². The van der Waals surface area contributed by atoms with Crippen molar-refractivity contribution in [2.75, 3.05) is 7.11 Å². The smallest absolute Gasteiger partial charge is 0.288 e. The Hall–Kier alpha value is -2.93. The van der Waals surface area contributed by atoms with Gasteiger partial charge >= 0.3 is 0 Å². The number of methoxy groups -OCH3 is 1. The number of nitrogens with one attached hydrogen (secondary N) is 1. The molecule has 2 aromatic carbocycles. The van der Waals surface area contributed by atoms with Gasteiger partial charge in [0.1, 0.15) is 10.8 Å². The maximum atomic E-state index is 11.9. The van der Waals surface area contributed by atoms with E-state index in [0.29, 0.717) is 16.9 Å². The van der Waals surface area contributed by atoms with Crippen LogP contribution in [0.3, 0.4) is 0 Å².